The number of anilines is 1. The van der Waals surface area contributed by atoms with Crippen molar-refractivity contribution in [2.24, 2.45) is 5.92 Å². The third-order valence-corrected chi connectivity index (χ3v) is 6.01. The molecule has 0 spiro atoms. The fourth-order valence-corrected chi connectivity index (χ4v) is 4.56. The van der Waals surface area contributed by atoms with Gasteiger partial charge in [-0.25, -0.2) is 4.98 Å². The average molecular weight is 345 g/mol. The number of carbonyl (C=O) groups is 1. The number of ether oxygens (including phenoxy) is 1. The summed E-state index contributed by atoms with van der Waals surface area (Å²) in [6.07, 6.45) is 2.77. The number of aromatic nitrogens is 1. The van der Waals surface area contributed by atoms with Crippen LogP contribution in [-0.2, 0) is 9.53 Å². The van der Waals surface area contributed by atoms with E-state index in [4.69, 9.17) is 9.72 Å². The summed E-state index contributed by atoms with van der Waals surface area (Å²) in [5.74, 6) is 0.267. The molecule has 2 saturated heterocycles. The van der Waals surface area contributed by atoms with Gasteiger partial charge < -0.3 is 15.0 Å². The van der Waals surface area contributed by atoms with Crippen molar-refractivity contribution in [1.82, 2.24) is 10.3 Å². The molecule has 1 atom stereocenters. The first-order chi connectivity index (χ1) is 11.7. The molecule has 1 unspecified atom stereocenters. The predicted molar refractivity (Wildman–Crippen MR) is 96.7 cm³/mol. The molecule has 1 amide bonds. The van der Waals surface area contributed by atoms with Gasteiger partial charge in [0.25, 0.3) is 0 Å². The van der Waals surface area contributed by atoms with Crippen LogP contribution in [0.1, 0.15) is 24.8 Å². The fraction of sp³-hybridized carbons (Fsp3) is 0.556. The Hall–Kier alpha value is -1.66. The molecule has 1 aromatic heterocycles. The minimum Gasteiger partial charge on any atom is -0.381 e. The van der Waals surface area contributed by atoms with Gasteiger partial charge in [0.2, 0.25) is 5.91 Å². The molecule has 1 N–H and O–H groups in total. The molecule has 2 aromatic rings. The Bertz CT molecular complexity index is 739. The van der Waals surface area contributed by atoms with Crippen molar-refractivity contribution in [3.63, 3.8) is 0 Å². The first kappa shape index (κ1) is 15.8. The molecule has 0 radical (unpaired) electrons. The third kappa shape index (κ3) is 3.26. The summed E-state index contributed by atoms with van der Waals surface area (Å²) < 4.78 is 6.57. The van der Waals surface area contributed by atoms with Crippen LogP contribution >= 0.6 is 11.3 Å². The number of fused-ring (bicyclic) bond motifs is 1. The largest absolute Gasteiger partial charge is 0.381 e. The van der Waals surface area contributed by atoms with Crippen LogP contribution in [0.5, 0.6) is 0 Å². The topological polar surface area (TPSA) is 54.5 Å². The number of aryl methyl sites for hydroxylation is 1. The van der Waals surface area contributed by atoms with Crippen molar-refractivity contribution >= 4 is 32.6 Å². The Balaban J connectivity index is 1.40. The van der Waals surface area contributed by atoms with E-state index < -0.39 is 0 Å². The lowest BCUT2D eigenvalue weighted by atomic mass is 10.1. The number of nitrogens with zero attached hydrogens (tertiary/aromatic N) is 2. The van der Waals surface area contributed by atoms with Gasteiger partial charge in [-0.05, 0) is 43.9 Å². The maximum absolute atomic E-state index is 12.5. The first-order valence-corrected chi connectivity index (χ1v) is 9.51. The molecule has 128 valence electrons. The van der Waals surface area contributed by atoms with Crippen LogP contribution in [0.2, 0.25) is 0 Å². The van der Waals surface area contributed by atoms with Crippen LogP contribution in [0.4, 0.5) is 5.13 Å². The summed E-state index contributed by atoms with van der Waals surface area (Å²) in [6, 6.07) is 6.64. The minimum atomic E-state index is 0.0709. The van der Waals surface area contributed by atoms with Gasteiger partial charge >= 0.3 is 0 Å². The number of hydrogen-bond donors (Lipinski definition) is 1. The second-order valence-electron chi connectivity index (χ2n) is 6.79. The van der Waals surface area contributed by atoms with Crippen molar-refractivity contribution in [3.05, 3.63) is 23.8 Å². The van der Waals surface area contributed by atoms with Crippen LogP contribution in [-0.4, -0.2) is 43.2 Å². The second-order valence-corrected chi connectivity index (χ2v) is 7.80. The summed E-state index contributed by atoms with van der Waals surface area (Å²) >= 11 is 1.72. The second kappa shape index (κ2) is 6.69. The van der Waals surface area contributed by atoms with Crippen molar-refractivity contribution in [2.45, 2.75) is 32.2 Å². The zero-order valence-electron chi connectivity index (χ0n) is 14.0. The Morgan fingerprint density at radius 1 is 1.33 bits per heavy atom. The number of carbonyl (C=O) groups excluding carboxylic acids is 1. The van der Waals surface area contributed by atoms with Gasteiger partial charge in [-0.15, -0.1) is 0 Å². The molecule has 2 aliphatic rings. The molecule has 4 rings (SSSR count). The van der Waals surface area contributed by atoms with E-state index in [2.05, 4.69) is 35.3 Å². The van der Waals surface area contributed by atoms with Crippen LogP contribution in [0.25, 0.3) is 10.2 Å². The van der Waals surface area contributed by atoms with Gasteiger partial charge in [0.05, 0.1) is 16.1 Å². The lowest BCUT2D eigenvalue weighted by molar-refractivity contribution is -0.125. The third-order valence-electron chi connectivity index (χ3n) is 4.93. The van der Waals surface area contributed by atoms with Crippen LogP contribution in [0.3, 0.4) is 0 Å². The smallest absolute Gasteiger partial charge is 0.225 e. The molecule has 3 heterocycles. The van der Waals surface area contributed by atoms with E-state index in [9.17, 15) is 4.79 Å². The molecule has 0 saturated carbocycles. The highest BCUT2D eigenvalue weighted by atomic mass is 32.1. The molecule has 1 aromatic carbocycles. The Morgan fingerprint density at radius 2 is 2.17 bits per heavy atom. The van der Waals surface area contributed by atoms with E-state index in [1.165, 1.54) is 10.3 Å². The van der Waals surface area contributed by atoms with Gasteiger partial charge in [0.15, 0.2) is 5.13 Å². The van der Waals surface area contributed by atoms with Gasteiger partial charge in [-0.1, -0.05) is 17.4 Å². The summed E-state index contributed by atoms with van der Waals surface area (Å²) in [4.78, 5) is 19.5. The van der Waals surface area contributed by atoms with Crippen molar-refractivity contribution in [2.75, 3.05) is 31.2 Å². The van der Waals surface area contributed by atoms with Crippen LogP contribution in [0.15, 0.2) is 18.2 Å². The number of thiazole rings is 1. The predicted octanol–water partition coefficient (Wildman–Crippen LogP) is 2.73. The molecule has 2 fully saturated rings. The van der Waals surface area contributed by atoms with Gasteiger partial charge in [-0.2, -0.15) is 0 Å². The molecule has 2 aliphatic heterocycles. The Labute approximate surface area is 146 Å². The molecule has 0 bridgehead atoms. The van der Waals surface area contributed by atoms with Crippen LogP contribution < -0.4 is 10.2 Å². The quantitative estimate of drug-likeness (QED) is 0.929. The molecule has 5 nitrogen and oxygen atoms in total. The van der Waals surface area contributed by atoms with Crippen molar-refractivity contribution in [3.8, 4) is 0 Å². The summed E-state index contributed by atoms with van der Waals surface area (Å²) in [6.45, 7) is 5.30. The lowest BCUT2D eigenvalue weighted by Crippen LogP contribution is -2.42. The number of nitrogens with one attached hydrogen (secondary N) is 1. The molecular weight excluding hydrogens is 322 g/mol. The van der Waals surface area contributed by atoms with E-state index in [1.807, 2.05) is 0 Å². The van der Waals surface area contributed by atoms with E-state index in [1.54, 1.807) is 11.3 Å². The number of rotatable bonds is 3. The highest BCUT2D eigenvalue weighted by Crippen LogP contribution is 2.32. The highest BCUT2D eigenvalue weighted by Gasteiger charge is 2.31. The number of hydrogen-bond acceptors (Lipinski definition) is 5. The Morgan fingerprint density at radius 3 is 3.00 bits per heavy atom. The zero-order valence-corrected chi connectivity index (χ0v) is 14.8. The minimum absolute atomic E-state index is 0.0709. The number of benzene rings is 1. The standard InChI is InChI=1S/C18H23N3O2S/c1-12-2-3-15-16(10-12)24-18(20-15)21-7-4-13(11-21)17(22)19-14-5-8-23-9-6-14/h2-3,10,13-14H,4-9,11H2,1H3,(H,19,22). The maximum atomic E-state index is 12.5. The molecular formula is C18H23N3O2S. The SMILES string of the molecule is Cc1ccc2nc(N3CCC(C(=O)NC4CCOCC4)C3)sc2c1. The van der Waals surface area contributed by atoms with Crippen molar-refractivity contribution in [1.29, 1.82) is 0 Å². The Kier molecular flexibility index (Phi) is 4.41. The van der Waals surface area contributed by atoms with Crippen LogP contribution in [0, 0.1) is 12.8 Å². The summed E-state index contributed by atoms with van der Waals surface area (Å²) in [7, 11) is 0. The van der Waals surface area contributed by atoms with E-state index in [0.717, 1.165) is 56.2 Å². The fourth-order valence-electron chi connectivity index (χ4n) is 3.46. The summed E-state index contributed by atoms with van der Waals surface area (Å²) in [5.41, 5.74) is 2.31. The monoisotopic (exact) mass is 345 g/mol. The van der Waals surface area contributed by atoms with Gasteiger partial charge in [0.1, 0.15) is 0 Å². The summed E-state index contributed by atoms with van der Waals surface area (Å²) in [5, 5.41) is 4.24. The molecule has 6 heteroatoms. The average Bonchev–Trinajstić information content (AvgIpc) is 3.22. The highest BCUT2D eigenvalue weighted by molar-refractivity contribution is 7.22. The van der Waals surface area contributed by atoms with Gasteiger partial charge in [-0.3, -0.25) is 4.79 Å². The van der Waals surface area contributed by atoms with Crippen molar-refractivity contribution < 1.29 is 9.53 Å². The van der Waals surface area contributed by atoms with Gasteiger partial charge in [0, 0.05) is 32.3 Å². The first-order valence-electron chi connectivity index (χ1n) is 8.69. The molecule has 24 heavy (non-hydrogen) atoms. The lowest BCUT2D eigenvalue weighted by Gasteiger charge is -2.24. The van der Waals surface area contributed by atoms with E-state index in [0.29, 0.717) is 0 Å². The number of amides is 1. The molecule has 0 aliphatic carbocycles. The maximum Gasteiger partial charge on any atom is 0.225 e. The van der Waals surface area contributed by atoms with E-state index >= 15 is 0 Å². The van der Waals surface area contributed by atoms with E-state index in [-0.39, 0.29) is 17.9 Å². The zero-order chi connectivity index (χ0) is 16.5. The normalized spacial score (nSPS) is 22.2.